The molecule has 0 saturated heterocycles. The van der Waals surface area contributed by atoms with Gasteiger partial charge in [-0.25, -0.2) is 0 Å². The number of hydrogen-bond donors (Lipinski definition) is 2. The zero-order valence-corrected chi connectivity index (χ0v) is 21.1. The maximum Gasteiger partial charge on any atom is 0.0622 e. The van der Waals surface area contributed by atoms with E-state index in [-0.39, 0.29) is 6.10 Å². The van der Waals surface area contributed by atoms with Crippen molar-refractivity contribution in [2.45, 2.75) is 136 Å². The number of aliphatic hydroxyl groups excluding tert-OH is 1. The summed E-state index contributed by atoms with van der Waals surface area (Å²) < 4.78 is 0. The lowest BCUT2D eigenvalue weighted by Gasteiger charge is -2.59. The largest absolute Gasteiger partial charge is 0.393 e. The van der Waals surface area contributed by atoms with E-state index in [1.54, 1.807) is 0 Å². The molecule has 0 aromatic rings. The number of rotatable bonds is 9. The summed E-state index contributed by atoms with van der Waals surface area (Å²) in [6.07, 6.45) is 19.3. The molecule has 0 aliphatic heterocycles. The van der Waals surface area contributed by atoms with Crippen molar-refractivity contribution in [2.24, 2.45) is 46.8 Å². The van der Waals surface area contributed by atoms with Crippen LogP contribution in [0.5, 0.6) is 0 Å². The number of fused-ring (bicyclic) bond motifs is 3. The van der Waals surface area contributed by atoms with E-state index in [2.05, 4.69) is 27.7 Å². The smallest absolute Gasteiger partial charge is 0.0622 e. The second kappa shape index (κ2) is 9.65. The van der Waals surface area contributed by atoms with Crippen LogP contribution in [0, 0.1) is 46.8 Å². The predicted molar refractivity (Wildman–Crippen MR) is 130 cm³/mol. The van der Waals surface area contributed by atoms with Gasteiger partial charge in [0.25, 0.3) is 0 Å². The quantitative estimate of drug-likeness (QED) is 0.399. The Labute approximate surface area is 193 Å². The van der Waals surface area contributed by atoms with Crippen molar-refractivity contribution in [3.63, 3.8) is 0 Å². The van der Waals surface area contributed by atoms with Gasteiger partial charge in [0.05, 0.1) is 11.7 Å². The molecule has 0 bridgehead atoms. The first kappa shape index (κ1) is 24.1. The molecule has 180 valence electrons. The Balaban J connectivity index is 1.31. The van der Waals surface area contributed by atoms with Gasteiger partial charge in [0.1, 0.15) is 0 Å². The summed E-state index contributed by atoms with van der Waals surface area (Å²) in [5.74, 6) is 5.77. The highest BCUT2D eigenvalue weighted by molar-refractivity contribution is 5.04. The fourth-order valence-electron chi connectivity index (χ4n) is 8.60. The van der Waals surface area contributed by atoms with E-state index in [4.69, 9.17) is 0 Å². The molecule has 31 heavy (non-hydrogen) atoms. The number of aliphatic hydroxyl groups is 2. The van der Waals surface area contributed by atoms with E-state index in [9.17, 15) is 10.2 Å². The van der Waals surface area contributed by atoms with E-state index in [0.29, 0.717) is 11.3 Å². The molecule has 4 rings (SSSR count). The molecule has 2 N–H and O–H groups in total. The maximum atomic E-state index is 10.7. The van der Waals surface area contributed by atoms with Crippen molar-refractivity contribution in [3.8, 4) is 0 Å². The van der Waals surface area contributed by atoms with E-state index in [1.165, 1.54) is 77.0 Å². The SMILES string of the molecule is CC[C@H](CC[C@@H]1CCC[C@H]2[C@H]1CC[C@H]1C[C@@](C)(O)CC[C@@]12C)[C@H](C)CC[C@H](O)C1CC1. The Kier molecular flexibility index (Phi) is 7.49. The van der Waals surface area contributed by atoms with Gasteiger partial charge in [-0.15, -0.1) is 0 Å². The average molecular weight is 433 g/mol. The zero-order valence-electron chi connectivity index (χ0n) is 21.1. The van der Waals surface area contributed by atoms with E-state index >= 15 is 0 Å². The van der Waals surface area contributed by atoms with Crippen LogP contribution in [0.25, 0.3) is 0 Å². The van der Waals surface area contributed by atoms with Gasteiger partial charge in [-0.05, 0) is 131 Å². The van der Waals surface area contributed by atoms with Gasteiger partial charge < -0.3 is 10.2 Å². The van der Waals surface area contributed by atoms with Crippen molar-refractivity contribution < 1.29 is 10.2 Å². The first-order chi connectivity index (χ1) is 14.7. The van der Waals surface area contributed by atoms with E-state index in [0.717, 1.165) is 54.8 Å². The molecule has 4 aliphatic rings. The van der Waals surface area contributed by atoms with Crippen LogP contribution < -0.4 is 0 Å². The van der Waals surface area contributed by atoms with Crippen LogP contribution in [-0.4, -0.2) is 21.9 Å². The molecular formula is C29H52O2. The van der Waals surface area contributed by atoms with Crippen LogP contribution in [-0.2, 0) is 0 Å². The molecule has 0 radical (unpaired) electrons. The Morgan fingerprint density at radius 2 is 1.71 bits per heavy atom. The van der Waals surface area contributed by atoms with Crippen LogP contribution >= 0.6 is 0 Å². The molecule has 4 fully saturated rings. The lowest BCUT2D eigenvalue weighted by molar-refractivity contribution is -0.128. The molecule has 0 spiro atoms. The molecule has 0 aromatic heterocycles. The van der Waals surface area contributed by atoms with Gasteiger partial charge in [-0.1, -0.05) is 40.0 Å². The fraction of sp³-hybridized carbons (Fsp3) is 1.00. The van der Waals surface area contributed by atoms with Crippen LogP contribution in [0.15, 0.2) is 0 Å². The molecule has 2 heteroatoms. The third-order valence-corrected chi connectivity index (χ3v) is 11.1. The second-order valence-electron chi connectivity index (χ2n) is 13.1. The topological polar surface area (TPSA) is 40.5 Å². The lowest BCUT2D eigenvalue weighted by atomic mass is 9.46. The normalized spacial score (nSPS) is 43.5. The highest BCUT2D eigenvalue weighted by atomic mass is 16.3. The minimum Gasteiger partial charge on any atom is -0.393 e. The van der Waals surface area contributed by atoms with Crippen molar-refractivity contribution >= 4 is 0 Å². The minimum atomic E-state index is -0.414. The Morgan fingerprint density at radius 1 is 0.935 bits per heavy atom. The highest BCUT2D eigenvalue weighted by Gasteiger charge is 2.54. The van der Waals surface area contributed by atoms with Gasteiger partial charge in [-0.3, -0.25) is 0 Å². The van der Waals surface area contributed by atoms with Crippen molar-refractivity contribution in [1.29, 1.82) is 0 Å². The molecule has 4 aliphatic carbocycles. The van der Waals surface area contributed by atoms with Gasteiger partial charge in [0, 0.05) is 0 Å². The van der Waals surface area contributed by atoms with Crippen LogP contribution in [0.4, 0.5) is 0 Å². The minimum absolute atomic E-state index is 0.0220. The molecule has 2 nitrogen and oxygen atoms in total. The molecule has 0 amide bonds. The molecular weight excluding hydrogens is 380 g/mol. The van der Waals surface area contributed by atoms with Crippen LogP contribution in [0.3, 0.4) is 0 Å². The predicted octanol–water partition coefficient (Wildman–Crippen LogP) is 7.36. The summed E-state index contributed by atoms with van der Waals surface area (Å²) in [5.41, 5.74) is 0.0723. The third kappa shape index (κ3) is 5.37. The summed E-state index contributed by atoms with van der Waals surface area (Å²) in [7, 11) is 0. The maximum absolute atomic E-state index is 10.7. The summed E-state index contributed by atoms with van der Waals surface area (Å²) in [6, 6.07) is 0. The molecule has 0 heterocycles. The van der Waals surface area contributed by atoms with Gasteiger partial charge in [0.15, 0.2) is 0 Å². The summed E-state index contributed by atoms with van der Waals surface area (Å²) in [4.78, 5) is 0. The van der Waals surface area contributed by atoms with E-state index in [1.807, 2.05) is 0 Å². The molecule has 4 saturated carbocycles. The van der Waals surface area contributed by atoms with E-state index < -0.39 is 5.60 Å². The summed E-state index contributed by atoms with van der Waals surface area (Å²) in [6.45, 7) is 9.53. The average Bonchev–Trinajstić information content (AvgIpc) is 3.58. The molecule has 9 atom stereocenters. The van der Waals surface area contributed by atoms with Crippen molar-refractivity contribution in [2.75, 3.05) is 0 Å². The zero-order chi connectivity index (χ0) is 22.2. The molecule has 0 aromatic carbocycles. The number of hydrogen-bond acceptors (Lipinski definition) is 2. The highest BCUT2D eigenvalue weighted by Crippen LogP contribution is 2.61. The monoisotopic (exact) mass is 432 g/mol. The van der Waals surface area contributed by atoms with Crippen molar-refractivity contribution in [1.82, 2.24) is 0 Å². The van der Waals surface area contributed by atoms with Crippen molar-refractivity contribution in [3.05, 3.63) is 0 Å². The molecule has 0 unspecified atom stereocenters. The van der Waals surface area contributed by atoms with Gasteiger partial charge >= 0.3 is 0 Å². The first-order valence-electron chi connectivity index (χ1n) is 14.1. The lowest BCUT2D eigenvalue weighted by Crippen LogP contribution is -2.53. The first-order valence-corrected chi connectivity index (χ1v) is 14.1. The van der Waals surface area contributed by atoms with Gasteiger partial charge in [0.2, 0.25) is 0 Å². The standard InChI is InChI=1S/C29H52O2/c1-5-21(20(2)9-16-27(30)23-12-13-23)10-11-22-7-6-8-26-25(22)15-14-24-19-28(3,31)17-18-29(24,26)4/h20-27,30-31H,5-19H2,1-4H3/t20-,21-,22+,24+,25+,26+,27+,28+,29+/m1/s1. The Bertz CT molecular complexity index is 581. The van der Waals surface area contributed by atoms with Crippen LogP contribution in [0.1, 0.15) is 124 Å². The second-order valence-corrected chi connectivity index (χ2v) is 13.1. The Morgan fingerprint density at radius 3 is 2.42 bits per heavy atom. The third-order valence-electron chi connectivity index (χ3n) is 11.1. The fourth-order valence-corrected chi connectivity index (χ4v) is 8.60. The summed E-state index contributed by atoms with van der Waals surface area (Å²) >= 11 is 0. The van der Waals surface area contributed by atoms with Gasteiger partial charge in [-0.2, -0.15) is 0 Å². The Hall–Kier alpha value is -0.0800. The summed E-state index contributed by atoms with van der Waals surface area (Å²) in [5, 5.41) is 21.0. The van der Waals surface area contributed by atoms with Crippen LogP contribution in [0.2, 0.25) is 0 Å².